The Kier molecular flexibility index (Phi) is 6.03. The summed E-state index contributed by atoms with van der Waals surface area (Å²) in [6, 6.07) is 1.96. The van der Waals surface area contributed by atoms with E-state index < -0.39 is 21.9 Å². The van der Waals surface area contributed by atoms with Crippen LogP contribution in [0.15, 0.2) is 18.6 Å². The predicted octanol–water partition coefficient (Wildman–Crippen LogP) is 0.409. The standard InChI is InChI=1S/C22H33N7O4S/c1-16(30)11-19(31)27-8-4-17(13-27)12-26(2)34(32,33)29-10-9-28(14-22(29)5-6-22)21-18-3-7-23-20(18)24-15-25-21/h3,7,15-17,30H,4-6,8-14H2,1-2H3,(H,23,24,25). The molecule has 0 aromatic carbocycles. The van der Waals surface area contributed by atoms with Crippen molar-refractivity contribution in [2.24, 2.45) is 5.92 Å². The highest BCUT2D eigenvalue weighted by molar-refractivity contribution is 7.86. The summed E-state index contributed by atoms with van der Waals surface area (Å²) in [6.07, 6.45) is 5.26. The number of likely N-dealkylation sites (tertiary alicyclic amines) is 1. The molecular weight excluding hydrogens is 458 g/mol. The van der Waals surface area contributed by atoms with E-state index in [1.807, 2.05) is 12.3 Å². The minimum Gasteiger partial charge on any atom is -0.393 e. The molecule has 3 fully saturated rings. The second-order valence-corrected chi connectivity index (χ2v) is 12.0. The Hall–Kier alpha value is -2.28. The largest absolute Gasteiger partial charge is 0.393 e. The fourth-order valence-corrected chi connectivity index (χ4v) is 7.16. The van der Waals surface area contributed by atoms with Crippen molar-refractivity contribution in [2.45, 2.75) is 44.2 Å². The molecule has 11 nitrogen and oxygen atoms in total. The van der Waals surface area contributed by atoms with Crippen molar-refractivity contribution in [3.63, 3.8) is 0 Å². The number of carbonyl (C=O) groups is 1. The Balaban J connectivity index is 1.24. The molecule has 2 atom stereocenters. The summed E-state index contributed by atoms with van der Waals surface area (Å²) in [5.41, 5.74) is 0.385. The van der Waals surface area contributed by atoms with Gasteiger partial charge in [0.2, 0.25) is 5.91 Å². The molecular formula is C22H33N7O4S. The number of carbonyl (C=O) groups excluding carboxylic acids is 1. The van der Waals surface area contributed by atoms with E-state index in [1.165, 1.54) is 4.31 Å². The molecule has 2 unspecified atom stereocenters. The third kappa shape index (κ3) is 4.28. The van der Waals surface area contributed by atoms with Crippen LogP contribution < -0.4 is 4.90 Å². The van der Waals surface area contributed by atoms with Crippen LogP contribution in [0.2, 0.25) is 0 Å². The van der Waals surface area contributed by atoms with Gasteiger partial charge in [-0.1, -0.05) is 0 Å². The van der Waals surface area contributed by atoms with Crippen molar-refractivity contribution >= 4 is 33.0 Å². The lowest BCUT2D eigenvalue weighted by molar-refractivity contribution is -0.132. The number of hydrogen-bond donors (Lipinski definition) is 2. The van der Waals surface area contributed by atoms with Crippen LogP contribution >= 0.6 is 0 Å². The summed E-state index contributed by atoms with van der Waals surface area (Å²) >= 11 is 0. The van der Waals surface area contributed by atoms with E-state index in [1.54, 1.807) is 29.5 Å². The minimum absolute atomic E-state index is 0.0719. The molecule has 1 spiro atoms. The summed E-state index contributed by atoms with van der Waals surface area (Å²) in [5.74, 6) is 0.866. The summed E-state index contributed by atoms with van der Waals surface area (Å²) in [7, 11) is -1.99. The number of H-pyrrole nitrogens is 1. The average molecular weight is 492 g/mol. The number of aliphatic hydroxyl groups excluding tert-OH is 1. The molecule has 2 aromatic heterocycles. The van der Waals surface area contributed by atoms with Crippen molar-refractivity contribution in [3.8, 4) is 0 Å². The fraction of sp³-hybridized carbons (Fsp3) is 0.682. The summed E-state index contributed by atoms with van der Waals surface area (Å²) in [6.45, 7) is 4.72. The zero-order valence-electron chi connectivity index (χ0n) is 19.7. The van der Waals surface area contributed by atoms with Crippen LogP contribution in [0, 0.1) is 5.92 Å². The first-order chi connectivity index (χ1) is 16.2. The number of fused-ring (bicyclic) bond motifs is 1. The molecule has 0 radical (unpaired) electrons. The Labute approximate surface area is 199 Å². The van der Waals surface area contributed by atoms with Gasteiger partial charge in [-0.3, -0.25) is 4.79 Å². The van der Waals surface area contributed by atoms with Gasteiger partial charge in [-0.05, 0) is 38.2 Å². The number of aromatic amines is 1. The Morgan fingerprint density at radius 3 is 2.85 bits per heavy atom. The number of rotatable bonds is 7. The van der Waals surface area contributed by atoms with Crippen LogP contribution in [0.3, 0.4) is 0 Å². The molecule has 2 aromatic rings. The van der Waals surface area contributed by atoms with E-state index in [0.29, 0.717) is 39.3 Å². The molecule has 1 aliphatic carbocycles. The number of aromatic nitrogens is 3. The van der Waals surface area contributed by atoms with Crippen molar-refractivity contribution < 1.29 is 18.3 Å². The maximum Gasteiger partial charge on any atom is 0.282 e. The quantitative estimate of drug-likeness (QED) is 0.574. The first kappa shape index (κ1) is 23.5. The molecule has 12 heteroatoms. The van der Waals surface area contributed by atoms with Crippen molar-refractivity contribution in [2.75, 3.05) is 51.2 Å². The highest BCUT2D eigenvalue weighted by Crippen LogP contribution is 2.47. The lowest BCUT2D eigenvalue weighted by Crippen LogP contribution is -2.60. The van der Waals surface area contributed by atoms with Gasteiger partial charge in [-0.25, -0.2) is 9.97 Å². The molecule has 186 valence electrons. The number of aliphatic hydroxyl groups is 1. The van der Waals surface area contributed by atoms with Gasteiger partial charge < -0.3 is 19.9 Å². The smallest absolute Gasteiger partial charge is 0.282 e. The minimum atomic E-state index is -3.63. The van der Waals surface area contributed by atoms with Gasteiger partial charge in [0.15, 0.2) is 0 Å². The molecule has 3 aliphatic rings. The van der Waals surface area contributed by atoms with Gasteiger partial charge in [-0.2, -0.15) is 17.0 Å². The van der Waals surface area contributed by atoms with Crippen LogP contribution in [-0.4, -0.2) is 106 Å². The van der Waals surface area contributed by atoms with E-state index in [4.69, 9.17) is 0 Å². The molecule has 1 amide bonds. The van der Waals surface area contributed by atoms with Crippen molar-refractivity contribution in [1.29, 1.82) is 0 Å². The Bertz CT molecular complexity index is 1160. The van der Waals surface area contributed by atoms with Crippen LogP contribution in [-0.2, 0) is 15.0 Å². The average Bonchev–Trinajstić information content (AvgIpc) is 3.18. The number of nitrogens with one attached hydrogen (secondary N) is 1. The van der Waals surface area contributed by atoms with Crippen molar-refractivity contribution in [3.05, 3.63) is 18.6 Å². The SMILES string of the molecule is CC(O)CC(=O)N1CCC(CN(C)S(=O)(=O)N2CCN(c3ncnc4[nH]ccc34)CC23CC3)C1. The van der Waals surface area contributed by atoms with Gasteiger partial charge in [0.25, 0.3) is 10.2 Å². The lowest BCUT2D eigenvalue weighted by Gasteiger charge is -2.43. The fourth-order valence-electron chi connectivity index (χ4n) is 5.38. The van der Waals surface area contributed by atoms with Gasteiger partial charge in [0.1, 0.15) is 17.8 Å². The van der Waals surface area contributed by atoms with Crippen LogP contribution in [0.5, 0.6) is 0 Å². The highest BCUT2D eigenvalue weighted by atomic mass is 32.2. The Morgan fingerprint density at radius 2 is 2.12 bits per heavy atom. The summed E-state index contributed by atoms with van der Waals surface area (Å²) < 4.78 is 30.3. The van der Waals surface area contributed by atoms with E-state index in [-0.39, 0.29) is 18.2 Å². The first-order valence-corrected chi connectivity index (χ1v) is 13.3. The maximum absolute atomic E-state index is 13.6. The summed E-state index contributed by atoms with van der Waals surface area (Å²) in [5, 5.41) is 10.4. The second-order valence-electron chi connectivity index (χ2n) is 9.99. The van der Waals surface area contributed by atoms with E-state index >= 15 is 0 Å². The molecule has 0 bridgehead atoms. The molecule has 2 saturated heterocycles. The monoisotopic (exact) mass is 491 g/mol. The molecule has 4 heterocycles. The van der Waals surface area contributed by atoms with E-state index in [9.17, 15) is 18.3 Å². The summed E-state index contributed by atoms with van der Waals surface area (Å²) in [4.78, 5) is 28.0. The highest BCUT2D eigenvalue weighted by Gasteiger charge is 2.57. The third-order valence-electron chi connectivity index (χ3n) is 7.34. The van der Waals surface area contributed by atoms with Gasteiger partial charge in [-0.15, -0.1) is 0 Å². The zero-order chi connectivity index (χ0) is 24.1. The predicted molar refractivity (Wildman–Crippen MR) is 127 cm³/mol. The van der Waals surface area contributed by atoms with E-state index in [0.717, 1.165) is 36.1 Å². The lowest BCUT2D eigenvalue weighted by atomic mass is 10.1. The third-order valence-corrected chi connectivity index (χ3v) is 9.41. The first-order valence-electron chi connectivity index (χ1n) is 11.9. The van der Waals surface area contributed by atoms with Crippen molar-refractivity contribution in [1.82, 2.24) is 28.5 Å². The zero-order valence-corrected chi connectivity index (χ0v) is 20.5. The second kappa shape index (κ2) is 8.74. The maximum atomic E-state index is 13.6. The number of anilines is 1. The van der Waals surface area contributed by atoms with Gasteiger partial charge in [0, 0.05) is 52.5 Å². The van der Waals surface area contributed by atoms with Crippen LogP contribution in [0.25, 0.3) is 11.0 Å². The Morgan fingerprint density at radius 1 is 1.32 bits per heavy atom. The molecule has 2 N–H and O–H groups in total. The van der Waals surface area contributed by atoms with Crippen LogP contribution in [0.1, 0.15) is 32.6 Å². The topological polar surface area (TPSA) is 126 Å². The van der Waals surface area contributed by atoms with Crippen LogP contribution in [0.4, 0.5) is 5.82 Å². The normalized spacial score (nSPS) is 23.8. The number of nitrogens with zero attached hydrogens (tertiary/aromatic N) is 6. The molecule has 34 heavy (non-hydrogen) atoms. The molecule has 2 aliphatic heterocycles. The van der Waals surface area contributed by atoms with Gasteiger partial charge in [0.05, 0.1) is 23.4 Å². The number of hydrogen-bond acceptors (Lipinski definition) is 7. The number of amides is 1. The van der Waals surface area contributed by atoms with E-state index in [2.05, 4.69) is 19.9 Å². The molecule has 5 rings (SSSR count). The molecule has 1 saturated carbocycles. The number of piperazine rings is 1. The van der Waals surface area contributed by atoms with Gasteiger partial charge >= 0.3 is 0 Å².